The average molecular weight is 440 g/mol. The number of aryl methyl sites for hydroxylation is 1. The van der Waals surface area contributed by atoms with Gasteiger partial charge in [-0.1, -0.05) is 19.1 Å². The largest absolute Gasteiger partial charge is 0.393 e. The highest BCUT2D eigenvalue weighted by Gasteiger charge is 2.28. The van der Waals surface area contributed by atoms with E-state index in [2.05, 4.69) is 30.0 Å². The average Bonchev–Trinajstić information content (AvgIpc) is 3.28. The quantitative estimate of drug-likeness (QED) is 0.712. The Kier molecular flexibility index (Phi) is 6.82. The van der Waals surface area contributed by atoms with Crippen LogP contribution in [0, 0.1) is 5.82 Å². The first kappa shape index (κ1) is 22.7. The maximum atomic E-state index is 15.0. The van der Waals surface area contributed by atoms with E-state index >= 15 is 4.39 Å². The molecule has 1 saturated heterocycles. The summed E-state index contributed by atoms with van der Waals surface area (Å²) in [5.74, 6) is -0.349. The summed E-state index contributed by atoms with van der Waals surface area (Å²) in [7, 11) is 4.12. The van der Waals surface area contributed by atoms with Crippen LogP contribution in [0.4, 0.5) is 15.8 Å². The summed E-state index contributed by atoms with van der Waals surface area (Å²) >= 11 is 0. The minimum atomic E-state index is -0.282. The highest BCUT2D eigenvalue weighted by atomic mass is 19.1. The van der Waals surface area contributed by atoms with Gasteiger partial charge in [0.25, 0.3) is 5.91 Å². The number of carbonyl (C=O) groups excluding carboxylic acids is 1. The SMILES string of the molecule is CCC(O)CCc1ccc2c(c1)CCN(c1ccc(N3CCC(N(C)C)C3)c(F)c1)C2=O. The molecule has 1 N–H and O–H groups in total. The molecule has 0 bridgehead atoms. The van der Waals surface area contributed by atoms with Crippen molar-refractivity contribution < 1.29 is 14.3 Å². The first-order valence-electron chi connectivity index (χ1n) is 11.7. The smallest absolute Gasteiger partial charge is 0.258 e. The highest BCUT2D eigenvalue weighted by molar-refractivity contribution is 6.08. The Bertz CT molecular complexity index is 978. The number of anilines is 2. The van der Waals surface area contributed by atoms with Gasteiger partial charge in [0.05, 0.1) is 11.8 Å². The maximum absolute atomic E-state index is 15.0. The van der Waals surface area contributed by atoms with E-state index in [4.69, 9.17) is 0 Å². The third-order valence-electron chi connectivity index (χ3n) is 6.96. The molecule has 0 aromatic heterocycles. The van der Waals surface area contributed by atoms with Crippen molar-refractivity contribution in [1.82, 2.24) is 4.90 Å². The Morgan fingerprint density at radius 2 is 2.00 bits per heavy atom. The predicted octanol–water partition coefficient (Wildman–Crippen LogP) is 3.87. The van der Waals surface area contributed by atoms with E-state index in [1.807, 2.05) is 31.2 Å². The zero-order chi connectivity index (χ0) is 22.8. The van der Waals surface area contributed by atoms with E-state index in [0.29, 0.717) is 29.5 Å². The fraction of sp³-hybridized carbons (Fsp3) is 0.500. The Morgan fingerprint density at radius 3 is 2.69 bits per heavy atom. The summed E-state index contributed by atoms with van der Waals surface area (Å²) in [5, 5.41) is 9.81. The second-order valence-corrected chi connectivity index (χ2v) is 9.29. The standard InChI is InChI=1S/C26H34FN3O2/c1-4-22(31)8-5-18-6-9-23-19(15-18)11-14-30(26(23)32)20-7-10-25(24(27)16-20)29-13-12-21(17-29)28(2)3/h6-7,9-10,15-16,21-22,31H,4-5,8,11-14,17H2,1-3H3. The van der Waals surface area contributed by atoms with Gasteiger partial charge in [-0.25, -0.2) is 4.39 Å². The van der Waals surface area contributed by atoms with Crippen molar-refractivity contribution in [3.63, 3.8) is 0 Å². The Morgan fingerprint density at radius 1 is 1.19 bits per heavy atom. The summed E-state index contributed by atoms with van der Waals surface area (Å²) < 4.78 is 15.0. The molecule has 4 rings (SSSR count). The van der Waals surface area contributed by atoms with Crippen LogP contribution in [0.1, 0.15) is 47.7 Å². The van der Waals surface area contributed by atoms with Crippen molar-refractivity contribution in [2.75, 3.05) is 43.5 Å². The van der Waals surface area contributed by atoms with Crippen molar-refractivity contribution in [3.8, 4) is 0 Å². The van der Waals surface area contributed by atoms with Gasteiger partial charge in [-0.15, -0.1) is 0 Å². The van der Waals surface area contributed by atoms with E-state index in [1.165, 1.54) is 6.07 Å². The zero-order valence-electron chi connectivity index (χ0n) is 19.4. The number of carbonyl (C=O) groups is 1. The molecule has 2 aromatic carbocycles. The highest BCUT2D eigenvalue weighted by Crippen LogP contribution is 2.31. The molecular formula is C26H34FN3O2. The van der Waals surface area contributed by atoms with Gasteiger partial charge in [0.1, 0.15) is 5.82 Å². The minimum Gasteiger partial charge on any atom is -0.393 e. The summed E-state index contributed by atoms with van der Waals surface area (Å²) in [6.07, 6.45) is 3.77. The third-order valence-corrected chi connectivity index (χ3v) is 6.96. The van der Waals surface area contributed by atoms with Crippen LogP contribution >= 0.6 is 0 Å². The molecule has 2 aromatic rings. The van der Waals surface area contributed by atoms with Gasteiger partial charge in [0.15, 0.2) is 0 Å². The van der Waals surface area contributed by atoms with Crippen molar-refractivity contribution in [1.29, 1.82) is 0 Å². The number of hydrogen-bond donors (Lipinski definition) is 1. The lowest BCUT2D eigenvalue weighted by molar-refractivity contribution is 0.0980. The Labute approximate surface area is 190 Å². The normalized spacial score (nSPS) is 19.6. The lowest BCUT2D eigenvalue weighted by Gasteiger charge is -2.30. The summed E-state index contributed by atoms with van der Waals surface area (Å²) in [6, 6.07) is 11.6. The van der Waals surface area contributed by atoms with Crippen LogP contribution in [0.2, 0.25) is 0 Å². The molecule has 5 nitrogen and oxygen atoms in total. The summed E-state index contributed by atoms with van der Waals surface area (Å²) in [4.78, 5) is 19.1. The van der Waals surface area contributed by atoms with E-state index in [0.717, 1.165) is 56.3 Å². The molecule has 2 heterocycles. The van der Waals surface area contributed by atoms with E-state index in [-0.39, 0.29) is 17.8 Å². The monoisotopic (exact) mass is 439 g/mol. The van der Waals surface area contributed by atoms with Gasteiger partial charge in [-0.05, 0) is 81.6 Å². The number of rotatable bonds is 7. The second kappa shape index (κ2) is 9.59. The number of nitrogens with zero attached hydrogens (tertiary/aromatic N) is 3. The van der Waals surface area contributed by atoms with E-state index < -0.39 is 0 Å². The van der Waals surface area contributed by atoms with Gasteiger partial charge in [-0.3, -0.25) is 4.79 Å². The van der Waals surface area contributed by atoms with Crippen molar-refractivity contribution in [3.05, 3.63) is 58.9 Å². The number of benzene rings is 2. The molecule has 2 aliphatic heterocycles. The van der Waals surface area contributed by atoms with Crippen LogP contribution in [-0.4, -0.2) is 61.8 Å². The molecule has 32 heavy (non-hydrogen) atoms. The molecular weight excluding hydrogens is 405 g/mol. The first-order chi connectivity index (χ1) is 15.4. The second-order valence-electron chi connectivity index (χ2n) is 9.29. The lowest BCUT2D eigenvalue weighted by atomic mass is 9.94. The van der Waals surface area contributed by atoms with Gasteiger partial charge < -0.3 is 19.8 Å². The lowest BCUT2D eigenvalue weighted by Crippen LogP contribution is -2.37. The number of likely N-dealkylation sites (N-methyl/N-ethyl adjacent to an activating group) is 1. The molecule has 1 fully saturated rings. The minimum absolute atomic E-state index is 0.0765. The topological polar surface area (TPSA) is 47.0 Å². The molecule has 0 spiro atoms. The van der Waals surface area contributed by atoms with Gasteiger partial charge in [0, 0.05) is 36.9 Å². The van der Waals surface area contributed by atoms with Crippen molar-refractivity contribution >= 4 is 17.3 Å². The van der Waals surface area contributed by atoms with Crippen molar-refractivity contribution in [2.24, 2.45) is 0 Å². The molecule has 2 aliphatic rings. The van der Waals surface area contributed by atoms with Gasteiger partial charge in [-0.2, -0.15) is 0 Å². The number of amides is 1. The number of aliphatic hydroxyl groups is 1. The third kappa shape index (κ3) is 4.66. The number of aliphatic hydroxyl groups excluding tert-OH is 1. The molecule has 1 amide bonds. The molecule has 0 radical (unpaired) electrons. The molecule has 2 unspecified atom stereocenters. The predicted molar refractivity (Wildman–Crippen MR) is 127 cm³/mol. The fourth-order valence-corrected chi connectivity index (χ4v) is 4.78. The zero-order valence-corrected chi connectivity index (χ0v) is 19.4. The number of fused-ring (bicyclic) bond motifs is 1. The van der Waals surface area contributed by atoms with E-state index in [9.17, 15) is 9.90 Å². The van der Waals surface area contributed by atoms with Crippen LogP contribution in [0.5, 0.6) is 0 Å². The number of halogens is 1. The molecule has 172 valence electrons. The molecule has 0 saturated carbocycles. The van der Waals surface area contributed by atoms with Crippen LogP contribution in [0.15, 0.2) is 36.4 Å². The summed E-state index contributed by atoms with van der Waals surface area (Å²) in [6.45, 7) is 4.17. The van der Waals surface area contributed by atoms with Gasteiger partial charge in [0.2, 0.25) is 0 Å². The van der Waals surface area contributed by atoms with Crippen LogP contribution < -0.4 is 9.80 Å². The Hall–Kier alpha value is -2.44. The van der Waals surface area contributed by atoms with Gasteiger partial charge >= 0.3 is 0 Å². The number of hydrogen-bond acceptors (Lipinski definition) is 4. The van der Waals surface area contributed by atoms with Crippen molar-refractivity contribution in [2.45, 2.75) is 51.2 Å². The molecule has 0 aliphatic carbocycles. The molecule has 2 atom stereocenters. The Balaban J connectivity index is 1.48. The van der Waals surface area contributed by atoms with Crippen LogP contribution in [0.3, 0.4) is 0 Å². The van der Waals surface area contributed by atoms with E-state index in [1.54, 1.807) is 4.90 Å². The fourth-order valence-electron chi connectivity index (χ4n) is 4.78. The van der Waals surface area contributed by atoms with Crippen LogP contribution in [0.25, 0.3) is 0 Å². The summed E-state index contributed by atoms with van der Waals surface area (Å²) in [5.41, 5.74) is 4.10. The first-order valence-corrected chi connectivity index (χ1v) is 11.7. The molecule has 6 heteroatoms. The maximum Gasteiger partial charge on any atom is 0.258 e. The van der Waals surface area contributed by atoms with Crippen LogP contribution in [-0.2, 0) is 12.8 Å².